The van der Waals surface area contributed by atoms with Crippen LogP contribution in [0.15, 0.2) is 0 Å². The average Bonchev–Trinajstić information content (AvgIpc) is 2.55. The highest BCUT2D eigenvalue weighted by Crippen LogP contribution is 2.64. The van der Waals surface area contributed by atoms with Gasteiger partial charge in [-0.1, -0.05) is 13.8 Å². The molecule has 0 spiro atoms. The van der Waals surface area contributed by atoms with Crippen LogP contribution in [0.25, 0.3) is 0 Å². The van der Waals surface area contributed by atoms with Crippen LogP contribution in [0.2, 0.25) is 0 Å². The van der Waals surface area contributed by atoms with Gasteiger partial charge in [0.2, 0.25) is 0 Å². The molecule has 2 aliphatic carbocycles. The van der Waals surface area contributed by atoms with E-state index in [1.165, 1.54) is 0 Å². The van der Waals surface area contributed by atoms with E-state index >= 15 is 0 Å². The zero-order valence-electron chi connectivity index (χ0n) is 6.98. The van der Waals surface area contributed by atoms with Gasteiger partial charge in [-0.05, 0) is 24.7 Å². The lowest BCUT2D eigenvalue weighted by Crippen LogP contribution is -2.30. The summed E-state index contributed by atoms with van der Waals surface area (Å²) in [6.45, 7) is 3.81. The lowest BCUT2D eigenvalue weighted by atomic mass is 9.88. The van der Waals surface area contributed by atoms with Gasteiger partial charge >= 0.3 is 0 Å². The first-order valence-corrected chi connectivity index (χ1v) is 4.41. The van der Waals surface area contributed by atoms with Crippen molar-refractivity contribution >= 4 is 0 Å². The number of rotatable bonds is 1. The fourth-order valence-electron chi connectivity index (χ4n) is 2.45. The Labute approximate surface area is 66.0 Å². The molecule has 2 saturated carbocycles. The molecule has 2 aliphatic rings. The van der Waals surface area contributed by atoms with E-state index in [0.717, 1.165) is 12.8 Å². The van der Waals surface area contributed by atoms with Crippen LogP contribution in [-0.2, 0) is 0 Å². The Bertz CT molecular complexity index is 174. The molecule has 0 aromatic rings. The molecule has 0 aromatic carbocycles. The quantitative estimate of drug-likeness (QED) is 0.553. The van der Waals surface area contributed by atoms with Gasteiger partial charge in [0.25, 0.3) is 5.92 Å². The standard InChI is InChI=1S/C9H14F2/c1-5(2)7-3-6-4-8(6)9(7,10)11/h5-8H,3-4H2,1-2H3. The highest BCUT2D eigenvalue weighted by atomic mass is 19.3. The molecule has 3 atom stereocenters. The normalized spacial score (nSPS) is 46.1. The van der Waals surface area contributed by atoms with Crippen LogP contribution in [0.3, 0.4) is 0 Å². The van der Waals surface area contributed by atoms with Gasteiger partial charge in [0.15, 0.2) is 0 Å². The minimum Gasteiger partial charge on any atom is -0.206 e. The lowest BCUT2D eigenvalue weighted by Gasteiger charge is -2.25. The summed E-state index contributed by atoms with van der Waals surface area (Å²) in [6.07, 6.45) is 1.56. The number of hydrogen-bond acceptors (Lipinski definition) is 0. The second-order valence-electron chi connectivity index (χ2n) is 4.36. The Hall–Kier alpha value is -0.140. The Kier molecular flexibility index (Phi) is 1.34. The Morgan fingerprint density at radius 1 is 1.27 bits per heavy atom. The molecule has 0 bridgehead atoms. The van der Waals surface area contributed by atoms with Crippen molar-refractivity contribution in [1.29, 1.82) is 0 Å². The maximum atomic E-state index is 13.3. The van der Waals surface area contributed by atoms with Crippen LogP contribution in [0.5, 0.6) is 0 Å². The minimum atomic E-state index is -2.33. The molecular formula is C9H14F2. The van der Waals surface area contributed by atoms with Gasteiger partial charge in [0.05, 0.1) is 0 Å². The monoisotopic (exact) mass is 160 g/mol. The summed E-state index contributed by atoms with van der Waals surface area (Å²) in [5.41, 5.74) is 0. The predicted octanol–water partition coefficient (Wildman–Crippen LogP) is 2.93. The summed E-state index contributed by atoms with van der Waals surface area (Å²) in [6, 6.07) is 0. The van der Waals surface area contributed by atoms with E-state index in [2.05, 4.69) is 0 Å². The lowest BCUT2D eigenvalue weighted by molar-refractivity contribution is -0.0751. The van der Waals surface area contributed by atoms with E-state index in [0.29, 0.717) is 5.92 Å². The third-order valence-electron chi connectivity index (χ3n) is 3.27. The Balaban J connectivity index is 2.14. The Morgan fingerprint density at radius 3 is 2.18 bits per heavy atom. The third-order valence-corrected chi connectivity index (χ3v) is 3.27. The number of halogens is 2. The highest BCUT2D eigenvalue weighted by molar-refractivity contribution is 5.07. The fourth-order valence-corrected chi connectivity index (χ4v) is 2.45. The SMILES string of the molecule is CC(C)C1CC2CC2C1(F)F. The van der Waals surface area contributed by atoms with Crippen molar-refractivity contribution in [3.63, 3.8) is 0 Å². The first kappa shape index (κ1) is 7.51. The van der Waals surface area contributed by atoms with Crippen molar-refractivity contribution < 1.29 is 8.78 Å². The number of alkyl halides is 2. The Morgan fingerprint density at radius 2 is 1.91 bits per heavy atom. The van der Waals surface area contributed by atoms with Crippen molar-refractivity contribution in [3.8, 4) is 0 Å². The maximum Gasteiger partial charge on any atom is 0.254 e. The van der Waals surface area contributed by atoms with E-state index in [1.54, 1.807) is 0 Å². The molecule has 3 unspecified atom stereocenters. The van der Waals surface area contributed by atoms with Gasteiger partial charge < -0.3 is 0 Å². The van der Waals surface area contributed by atoms with Gasteiger partial charge in [-0.25, -0.2) is 8.78 Å². The summed E-state index contributed by atoms with van der Waals surface area (Å²) in [5, 5.41) is 0. The van der Waals surface area contributed by atoms with Crippen LogP contribution >= 0.6 is 0 Å². The first-order valence-electron chi connectivity index (χ1n) is 4.41. The van der Waals surface area contributed by atoms with E-state index in [-0.39, 0.29) is 17.8 Å². The van der Waals surface area contributed by atoms with E-state index in [4.69, 9.17) is 0 Å². The van der Waals surface area contributed by atoms with Gasteiger partial charge in [-0.3, -0.25) is 0 Å². The van der Waals surface area contributed by atoms with Gasteiger partial charge in [0, 0.05) is 11.8 Å². The molecule has 0 heterocycles. The molecule has 0 amide bonds. The van der Waals surface area contributed by atoms with Crippen molar-refractivity contribution in [2.75, 3.05) is 0 Å². The summed E-state index contributed by atoms with van der Waals surface area (Å²) in [7, 11) is 0. The molecule has 0 aromatic heterocycles. The second-order valence-corrected chi connectivity index (χ2v) is 4.36. The van der Waals surface area contributed by atoms with Crippen LogP contribution in [0.1, 0.15) is 26.7 Å². The van der Waals surface area contributed by atoms with Crippen molar-refractivity contribution in [1.82, 2.24) is 0 Å². The number of hydrogen-bond donors (Lipinski definition) is 0. The molecule has 2 fully saturated rings. The minimum absolute atomic E-state index is 0.151. The fraction of sp³-hybridized carbons (Fsp3) is 1.00. The van der Waals surface area contributed by atoms with E-state index in [1.807, 2.05) is 13.8 Å². The molecule has 2 rings (SSSR count). The van der Waals surface area contributed by atoms with E-state index in [9.17, 15) is 8.78 Å². The molecule has 0 N–H and O–H groups in total. The zero-order chi connectivity index (χ0) is 8.22. The topological polar surface area (TPSA) is 0 Å². The van der Waals surface area contributed by atoms with Gasteiger partial charge in [0.1, 0.15) is 0 Å². The van der Waals surface area contributed by atoms with Crippen molar-refractivity contribution in [2.45, 2.75) is 32.6 Å². The molecule has 0 radical (unpaired) electrons. The molecular weight excluding hydrogens is 146 g/mol. The second kappa shape index (κ2) is 1.96. The summed E-state index contributed by atoms with van der Waals surface area (Å²) < 4.78 is 26.6. The van der Waals surface area contributed by atoms with Crippen molar-refractivity contribution in [3.05, 3.63) is 0 Å². The van der Waals surface area contributed by atoms with Crippen LogP contribution < -0.4 is 0 Å². The first-order chi connectivity index (χ1) is 5.03. The van der Waals surface area contributed by atoms with Crippen LogP contribution in [-0.4, -0.2) is 5.92 Å². The molecule has 2 heteroatoms. The average molecular weight is 160 g/mol. The van der Waals surface area contributed by atoms with Crippen LogP contribution in [0.4, 0.5) is 8.78 Å². The van der Waals surface area contributed by atoms with Crippen molar-refractivity contribution in [2.24, 2.45) is 23.7 Å². The molecule has 0 saturated heterocycles. The third kappa shape index (κ3) is 0.911. The zero-order valence-corrected chi connectivity index (χ0v) is 6.98. The van der Waals surface area contributed by atoms with Gasteiger partial charge in [-0.2, -0.15) is 0 Å². The molecule has 64 valence electrons. The largest absolute Gasteiger partial charge is 0.254 e. The molecule has 0 aliphatic heterocycles. The molecule has 0 nitrogen and oxygen atoms in total. The summed E-state index contributed by atoms with van der Waals surface area (Å²) >= 11 is 0. The van der Waals surface area contributed by atoms with Crippen LogP contribution in [0, 0.1) is 23.7 Å². The molecule has 11 heavy (non-hydrogen) atoms. The van der Waals surface area contributed by atoms with Gasteiger partial charge in [-0.15, -0.1) is 0 Å². The summed E-state index contributed by atoms with van der Waals surface area (Å²) in [5.74, 6) is -2.38. The maximum absolute atomic E-state index is 13.3. The van der Waals surface area contributed by atoms with E-state index < -0.39 is 5.92 Å². The predicted molar refractivity (Wildman–Crippen MR) is 39.5 cm³/mol. The smallest absolute Gasteiger partial charge is 0.206 e. The highest BCUT2D eigenvalue weighted by Gasteiger charge is 2.65. The summed E-state index contributed by atoms with van der Waals surface area (Å²) in [4.78, 5) is 0. The number of fused-ring (bicyclic) bond motifs is 1.